The summed E-state index contributed by atoms with van der Waals surface area (Å²) in [7, 11) is -2.52. The number of aromatic nitrogens is 2. The number of carbonyl (C=O) groups is 1. The van der Waals surface area contributed by atoms with Crippen molar-refractivity contribution < 1.29 is 22.0 Å². The van der Waals surface area contributed by atoms with Crippen LogP contribution in [0.3, 0.4) is 0 Å². The van der Waals surface area contributed by atoms with Gasteiger partial charge in [-0.05, 0) is 12.8 Å². The van der Waals surface area contributed by atoms with E-state index < -0.39 is 34.2 Å². The average Bonchev–Trinajstić information content (AvgIpc) is 2.86. The summed E-state index contributed by atoms with van der Waals surface area (Å²) in [5, 5.41) is 3.68. The molecular weight excluding hydrogens is 292 g/mol. The molecule has 0 saturated heterocycles. The van der Waals surface area contributed by atoms with Crippen LogP contribution in [0.2, 0.25) is 0 Å². The maximum Gasteiger partial charge on any atom is 0.267 e. The Hall–Kier alpha value is -1.51. The summed E-state index contributed by atoms with van der Waals surface area (Å²) in [4.78, 5) is 11.5. The molecule has 1 amide bonds. The summed E-state index contributed by atoms with van der Waals surface area (Å²) in [6.45, 7) is 0. The maximum absolute atomic E-state index is 13.4. The van der Waals surface area contributed by atoms with Crippen molar-refractivity contribution in [3.8, 4) is 0 Å². The summed E-state index contributed by atoms with van der Waals surface area (Å²) >= 11 is 0. The van der Waals surface area contributed by atoms with Crippen molar-refractivity contribution in [2.75, 3.05) is 0 Å². The molecule has 1 aromatic rings. The zero-order valence-electron chi connectivity index (χ0n) is 10.8. The maximum atomic E-state index is 13.4. The summed E-state index contributed by atoms with van der Waals surface area (Å²) in [5.41, 5.74) is 0. The highest BCUT2D eigenvalue weighted by Gasteiger charge is 2.44. The van der Waals surface area contributed by atoms with Crippen molar-refractivity contribution in [2.45, 2.75) is 36.5 Å². The van der Waals surface area contributed by atoms with Gasteiger partial charge in [-0.1, -0.05) is 0 Å². The van der Waals surface area contributed by atoms with Crippen LogP contribution in [0.25, 0.3) is 0 Å². The van der Waals surface area contributed by atoms with Gasteiger partial charge in [0.05, 0.1) is 6.20 Å². The molecule has 1 aromatic heterocycles. The lowest BCUT2D eigenvalue weighted by Gasteiger charge is -2.18. The van der Waals surface area contributed by atoms with Crippen molar-refractivity contribution in [3.63, 3.8) is 0 Å². The van der Waals surface area contributed by atoms with Gasteiger partial charge in [-0.2, -0.15) is 5.10 Å². The van der Waals surface area contributed by atoms with Crippen LogP contribution in [0.5, 0.6) is 0 Å². The Morgan fingerprint density at radius 2 is 2.30 bits per heavy atom. The number of nitrogens with zero attached hydrogens (tertiary/aromatic N) is 2. The molecule has 1 aliphatic carbocycles. The summed E-state index contributed by atoms with van der Waals surface area (Å²) < 4.78 is 53.5. The smallest absolute Gasteiger partial charge is 0.267 e. The lowest BCUT2D eigenvalue weighted by atomic mass is 10.0. The third-order valence-corrected chi connectivity index (χ3v) is 4.66. The normalized spacial score (nSPS) is 21.9. The number of aryl methyl sites for hydroxylation is 1. The van der Waals surface area contributed by atoms with Gasteiger partial charge in [-0.25, -0.2) is 21.9 Å². The molecule has 1 atom stereocenters. The second kappa shape index (κ2) is 5.12. The Labute approximate surface area is 115 Å². The van der Waals surface area contributed by atoms with Gasteiger partial charge in [0.15, 0.2) is 0 Å². The number of hydrogen-bond acceptors (Lipinski definition) is 4. The van der Waals surface area contributed by atoms with Crippen LogP contribution in [0.1, 0.15) is 25.7 Å². The number of nitrogens with one attached hydrogen (secondary N) is 1. The molecule has 1 heterocycles. The Morgan fingerprint density at radius 1 is 1.60 bits per heavy atom. The number of sulfonamides is 1. The molecule has 20 heavy (non-hydrogen) atoms. The lowest BCUT2D eigenvalue weighted by Crippen LogP contribution is -2.34. The summed E-state index contributed by atoms with van der Waals surface area (Å²) in [6.07, 6.45) is 2.14. The Bertz CT molecular complexity index is 612. The van der Waals surface area contributed by atoms with E-state index in [2.05, 4.69) is 5.10 Å². The third kappa shape index (κ3) is 3.14. The van der Waals surface area contributed by atoms with Crippen molar-refractivity contribution in [1.82, 2.24) is 14.5 Å². The SMILES string of the molecule is Cn1cc(S(=O)(=O)NC(=O)CC2CCCC2(F)F)cn1. The number of alkyl halides is 2. The van der Waals surface area contributed by atoms with Gasteiger partial charge in [0.2, 0.25) is 5.91 Å². The van der Waals surface area contributed by atoms with Crippen LogP contribution >= 0.6 is 0 Å². The van der Waals surface area contributed by atoms with E-state index in [1.165, 1.54) is 17.9 Å². The van der Waals surface area contributed by atoms with Gasteiger partial charge in [0, 0.05) is 32.0 Å². The van der Waals surface area contributed by atoms with Crippen LogP contribution in [0.15, 0.2) is 17.3 Å². The highest BCUT2D eigenvalue weighted by Crippen LogP contribution is 2.42. The van der Waals surface area contributed by atoms with Crippen molar-refractivity contribution in [1.29, 1.82) is 0 Å². The molecule has 1 aliphatic rings. The first-order valence-electron chi connectivity index (χ1n) is 6.13. The number of halogens is 2. The van der Waals surface area contributed by atoms with Crippen LogP contribution in [0, 0.1) is 5.92 Å². The highest BCUT2D eigenvalue weighted by molar-refractivity contribution is 7.90. The molecule has 0 bridgehead atoms. The molecule has 1 fully saturated rings. The van der Waals surface area contributed by atoms with Crippen molar-refractivity contribution >= 4 is 15.9 Å². The molecule has 0 spiro atoms. The minimum absolute atomic E-state index is 0.175. The molecule has 9 heteroatoms. The second-order valence-corrected chi connectivity index (χ2v) is 6.62. The van der Waals surface area contributed by atoms with E-state index in [4.69, 9.17) is 0 Å². The zero-order valence-corrected chi connectivity index (χ0v) is 11.7. The van der Waals surface area contributed by atoms with Gasteiger partial charge in [-0.15, -0.1) is 0 Å². The molecule has 2 rings (SSSR count). The minimum atomic E-state index is -4.05. The van der Waals surface area contributed by atoms with Gasteiger partial charge < -0.3 is 0 Å². The van der Waals surface area contributed by atoms with E-state index in [0.717, 1.165) is 6.20 Å². The molecule has 0 aliphatic heterocycles. The Kier molecular flexibility index (Phi) is 3.81. The molecule has 1 saturated carbocycles. The van der Waals surface area contributed by atoms with E-state index in [-0.39, 0.29) is 17.7 Å². The zero-order chi connectivity index (χ0) is 15.0. The van der Waals surface area contributed by atoms with E-state index in [0.29, 0.717) is 6.42 Å². The van der Waals surface area contributed by atoms with Gasteiger partial charge in [0.25, 0.3) is 15.9 Å². The second-order valence-electron chi connectivity index (χ2n) is 4.93. The quantitative estimate of drug-likeness (QED) is 0.901. The minimum Gasteiger partial charge on any atom is -0.274 e. The first-order valence-corrected chi connectivity index (χ1v) is 7.61. The van der Waals surface area contributed by atoms with E-state index in [1.54, 1.807) is 4.72 Å². The summed E-state index contributed by atoms with van der Waals surface area (Å²) in [6, 6.07) is 0. The van der Waals surface area contributed by atoms with Crippen LogP contribution in [0.4, 0.5) is 8.78 Å². The number of amides is 1. The number of hydrogen-bond donors (Lipinski definition) is 1. The Morgan fingerprint density at radius 3 is 2.80 bits per heavy atom. The molecule has 6 nitrogen and oxygen atoms in total. The Balaban J connectivity index is 2.01. The van der Waals surface area contributed by atoms with Crippen molar-refractivity contribution in [2.24, 2.45) is 13.0 Å². The van der Waals surface area contributed by atoms with Crippen molar-refractivity contribution in [3.05, 3.63) is 12.4 Å². The predicted octanol–water partition coefficient (Wildman–Crippen LogP) is 1.05. The number of rotatable bonds is 4. The van der Waals surface area contributed by atoms with Gasteiger partial charge >= 0.3 is 0 Å². The fraction of sp³-hybridized carbons (Fsp3) is 0.636. The third-order valence-electron chi connectivity index (χ3n) is 3.33. The molecule has 1 N–H and O–H groups in total. The fourth-order valence-corrected chi connectivity index (χ4v) is 3.24. The number of carbonyl (C=O) groups excluding carboxylic acids is 1. The standard InChI is InChI=1S/C11H15F2N3O3S/c1-16-7-9(6-14-16)20(18,19)15-10(17)5-8-3-2-4-11(8,12)13/h6-8H,2-5H2,1H3,(H,15,17). The van der Waals surface area contributed by atoms with Gasteiger partial charge in [0.1, 0.15) is 4.90 Å². The van der Waals surface area contributed by atoms with E-state index >= 15 is 0 Å². The van der Waals surface area contributed by atoms with Crippen LogP contribution in [-0.2, 0) is 21.9 Å². The first-order chi connectivity index (χ1) is 9.21. The van der Waals surface area contributed by atoms with Crippen LogP contribution in [-0.4, -0.2) is 30.0 Å². The lowest BCUT2D eigenvalue weighted by molar-refractivity contribution is -0.123. The molecule has 112 valence electrons. The molecule has 0 radical (unpaired) electrons. The van der Waals surface area contributed by atoms with E-state index in [1.807, 2.05) is 0 Å². The predicted molar refractivity (Wildman–Crippen MR) is 65.4 cm³/mol. The average molecular weight is 307 g/mol. The highest BCUT2D eigenvalue weighted by atomic mass is 32.2. The largest absolute Gasteiger partial charge is 0.274 e. The summed E-state index contributed by atoms with van der Waals surface area (Å²) in [5.74, 6) is -4.90. The topological polar surface area (TPSA) is 81.1 Å². The van der Waals surface area contributed by atoms with Crippen LogP contribution < -0.4 is 4.72 Å². The first kappa shape index (κ1) is 14.9. The molecular formula is C11H15F2N3O3S. The molecule has 1 unspecified atom stereocenters. The van der Waals surface area contributed by atoms with E-state index in [9.17, 15) is 22.0 Å². The monoisotopic (exact) mass is 307 g/mol. The fourth-order valence-electron chi connectivity index (χ4n) is 2.26. The van der Waals surface area contributed by atoms with Gasteiger partial charge in [-0.3, -0.25) is 9.48 Å². The molecule has 0 aromatic carbocycles.